The molecule has 4 aromatic rings. The molecule has 9 heteroatoms. The summed E-state index contributed by atoms with van der Waals surface area (Å²) in [5, 5.41) is 11.3. The number of aryl methyl sites for hydroxylation is 2. The molecule has 30 heavy (non-hydrogen) atoms. The Hall–Kier alpha value is -3.52. The first kappa shape index (κ1) is 19.8. The number of fused-ring (bicyclic) bond motifs is 1. The zero-order valence-electron chi connectivity index (χ0n) is 16.5. The van der Waals surface area contributed by atoms with Gasteiger partial charge in [0, 0.05) is 10.7 Å². The fourth-order valence-corrected chi connectivity index (χ4v) is 3.22. The zero-order chi connectivity index (χ0) is 21.3. The summed E-state index contributed by atoms with van der Waals surface area (Å²) in [6.45, 7) is 4.13. The second-order valence-corrected chi connectivity index (χ2v) is 7.53. The number of halogens is 1. The Labute approximate surface area is 177 Å². The molecule has 0 spiro atoms. The van der Waals surface area contributed by atoms with E-state index < -0.39 is 5.56 Å². The van der Waals surface area contributed by atoms with Gasteiger partial charge in [0.15, 0.2) is 11.2 Å². The minimum Gasteiger partial charge on any atom is -0.324 e. The second kappa shape index (κ2) is 8.08. The highest BCUT2D eigenvalue weighted by Gasteiger charge is 2.14. The van der Waals surface area contributed by atoms with Gasteiger partial charge in [0.25, 0.3) is 5.56 Å². The van der Waals surface area contributed by atoms with Gasteiger partial charge in [-0.05, 0) is 37.1 Å². The minimum atomic E-state index is -0.423. The number of carbonyl (C=O) groups is 1. The van der Waals surface area contributed by atoms with Gasteiger partial charge in [-0.15, -0.1) is 5.10 Å². The van der Waals surface area contributed by atoms with E-state index in [4.69, 9.17) is 11.6 Å². The lowest BCUT2D eigenvalue weighted by atomic mass is 10.1. The highest BCUT2D eigenvalue weighted by atomic mass is 35.5. The van der Waals surface area contributed by atoms with Crippen LogP contribution in [0.15, 0.2) is 53.6 Å². The first-order chi connectivity index (χ1) is 14.4. The number of hydrogen-bond donors (Lipinski definition) is 1. The Morgan fingerprint density at radius 3 is 2.67 bits per heavy atom. The van der Waals surface area contributed by atoms with Gasteiger partial charge in [0.2, 0.25) is 5.91 Å². The molecule has 4 rings (SSSR count). The average molecular weight is 423 g/mol. The van der Waals surface area contributed by atoms with Gasteiger partial charge < -0.3 is 5.32 Å². The van der Waals surface area contributed by atoms with Crippen molar-refractivity contribution >= 4 is 34.4 Å². The number of anilines is 1. The lowest BCUT2D eigenvalue weighted by Crippen LogP contribution is -2.28. The van der Waals surface area contributed by atoms with Crippen LogP contribution in [-0.2, 0) is 17.9 Å². The Morgan fingerprint density at radius 2 is 1.90 bits per heavy atom. The smallest absolute Gasteiger partial charge is 0.283 e. The second-order valence-electron chi connectivity index (χ2n) is 7.09. The summed E-state index contributed by atoms with van der Waals surface area (Å²) in [5.41, 5.74) is 3.72. The highest BCUT2D eigenvalue weighted by molar-refractivity contribution is 6.31. The number of benzene rings is 2. The molecule has 152 valence electrons. The lowest BCUT2D eigenvalue weighted by molar-refractivity contribution is -0.116. The lowest BCUT2D eigenvalue weighted by Gasteiger charge is -2.10. The van der Waals surface area contributed by atoms with Gasteiger partial charge in [-0.3, -0.25) is 14.2 Å². The van der Waals surface area contributed by atoms with Crippen LogP contribution in [0.25, 0.3) is 11.2 Å². The van der Waals surface area contributed by atoms with E-state index in [1.807, 2.05) is 44.2 Å². The molecule has 0 saturated carbocycles. The van der Waals surface area contributed by atoms with E-state index in [0.29, 0.717) is 22.9 Å². The van der Waals surface area contributed by atoms with Crippen LogP contribution in [0.4, 0.5) is 5.69 Å². The molecule has 2 aromatic carbocycles. The zero-order valence-corrected chi connectivity index (χ0v) is 17.2. The monoisotopic (exact) mass is 422 g/mol. The van der Waals surface area contributed by atoms with E-state index in [-0.39, 0.29) is 18.0 Å². The molecule has 1 N–H and O–H groups in total. The quantitative estimate of drug-likeness (QED) is 0.533. The standard InChI is InChI=1S/C21H19ClN6O2/c1-13-3-6-15(7-4-13)10-28-20-19(25-26-28)21(30)27(12-23-20)11-18(29)24-17-9-16(22)8-5-14(17)2/h3-9,12H,10-11H2,1-2H3,(H,24,29). The molecule has 0 bridgehead atoms. The molecule has 0 aliphatic rings. The molecule has 1 amide bonds. The first-order valence-electron chi connectivity index (χ1n) is 9.31. The summed E-state index contributed by atoms with van der Waals surface area (Å²) in [6.07, 6.45) is 1.34. The Kier molecular flexibility index (Phi) is 5.33. The van der Waals surface area contributed by atoms with Gasteiger partial charge in [0.05, 0.1) is 6.54 Å². The van der Waals surface area contributed by atoms with E-state index in [1.165, 1.54) is 10.9 Å². The number of rotatable bonds is 5. The van der Waals surface area contributed by atoms with Crippen molar-refractivity contribution in [2.24, 2.45) is 0 Å². The predicted molar refractivity (Wildman–Crippen MR) is 115 cm³/mol. The highest BCUT2D eigenvalue weighted by Crippen LogP contribution is 2.20. The van der Waals surface area contributed by atoms with Crippen LogP contribution in [0.3, 0.4) is 0 Å². The molecule has 0 atom stereocenters. The Morgan fingerprint density at radius 1 is 1.13 bits per heavy atom. The molecule has 0 fully saturated rings. The van der Waals surface area contributed by atoms with Gasteiger partial charge >= 0.3 is 0 Å². The van der Waals surface area contributed by atoms with E-state index >= 15 is 0 Å². The van der Waals surface area contributed by atoms with Crippen molar-refractivity contribution in [3.63, 3.8) is 0 Å². The van der Waals surface area contributed by atoms with Crippen LogP contribution in [0.5, 0.6) is 0 Å². The molecular formula is C21H19ClN6O2. The maximum Gasteiger partial charge on any atom is 0.283 e. The summed E-state index contributed by atoms with van der Waals surface area (Å²) >= 11 is 5.98. The number of carbonyl (C=O) groups excluding carboxylic acids is 1. The fourth-order valence-electron chi connectivity index (χ4n) is 3.05. The molecular weight excluding hydrogens is 404 g/mol. The van der Waals surface area contributed by atoms with Gasteiger partial charge in [-0.2, -0.15) is 0 Å². The third-order valence-corrected chi connectivity index (χ3v) is 4.97. The van der Waals surface area contributed by atoms with Crippen LogP contribution >= 0.6 is 11.6 Å². The summed E-state index contributed by atoms with van der Waals surface area (Å²) in [6, 6.07) is 13.2. The van der Waals surface area contributed by atoms with Crippen LogP contribution in [-0.4, -0.2) is 30.5 Å². The number of hydrogen-bond acceptors (Lipinski definition) is 5. The number of aromatic nitrogens is 5. The third-order valence-electron chi connectivity index (χ3n) is 4.73. The van der Waals surface area contributed by atoms with Crippen molar-refractivity contribution in [1.29, 1.82) is 0 Å². The van der Waals surface area contributed by atoms with Gasteiger partial charge in [-0.1, -0.05) is 52.7 Å². The summed E-state index contributed by atoms with van der Waals surface area (Å²) in [5.74, 6) is -0.365. The van der Waals surface area contributed by atoms with E-state index in [9.17, 15) is 9.59 Å². The summed E-state index contributed by atoms with van der Waals surface area (Å²) in [4.78, 5) is 29.5. The number of nitrogens with zero attached hydrogens (tertiary/aromatic N) is 5. The van der Waals surface area contributed by atoms with Crippen molar-refractivity contribution in [3.8, 4) is 0 Å². The topological polar surface area (TPSA) is 94.7 Å². The SMILES string of the molecule is Cc1ccc(Cn2nnc3c(=O)n(CC(=O)Nc4cc(Cl)ccc4C)cnc32)cc1. The van der Waals surface area contributed by atoms with Crippen molar-refractivity contribution in [3.05, 3.63) is 80.9 Å². The van der Waals surface area contributed by atoms with Gasteiger partial charge in [0.1, 0.15) is 12.9 Å². The van der Waals surface area contributed by atoms with Crippen molar-refractivity contribution in [2.45, 2.75) is 26.9 Å². The first-order valence-corrected chi connectivity index (χ1v) is 9.68. The minimum absolute atomic E-state index is 0.122. The van der Waals surface area contributed by atoms with E-state index in [1.54, 1.807) is 16.8 Å². The Balaban J connectivity index is 1.55. The summed E-state index contributed by atoms with van der Waals surface area (Å²) < 4.78 is 2.78. The van der Waals surface area contributed by atoms with Crippen LogP contribution < -0.4 is 10.9 Å². The van der Waals surface area contributed by atoms with Crippen molar-refractivity contribution in [2.75, 3.05) is 5.32 Å². The van der Waals surface area contributed by atoms with Crippen LogP contribution in [0, 0.1) is 13.8 Å². The van der Waals surface area contributed by atoms with Crippen LogP contribution in [0.1, 0.15) is 16.7 Å². The van der Waals surface area contributed by atoms with Crippen LogP contribution in [0.2, 0.25) is 5.02 Å². The molecule has 0 aliphatic heterocycles. The summed E-state index contributed by atoms with van der Waals surface area (Å²) in [7, 11) is 0. The van der Waals surface area contributed by atoms with E-state index in [2.05, 4.69) is 20.6 Å². The molecule has 0 unspecified atom stereocenters. The normalized spacial score (nSPS) is 11.0. The maximum absolute atomic E-state index is 12.8. The van der Waals surface area contributed by atoms with E-state index in [0.717, 1.165) is 16.7 Å². The fraction of sp³-hybridized carbons (Fsp3) is 0.190. The van der Waals surface area contributed by atoms with Gasteiger partial charge in [-0.25, -0.2) is 9.67 Å². The average Bonchev–Trinajstić information content (AvgIpc) is 3.12. The Bertz CT molecular complexity index is 1290. The molecule has 0 saturated heterocycles. The third kappa shape index (κ3) is 4.08. The molecule has 8 nitrogen and oxygen atoms in total. The largest absolute Gasteiger partial charge is 0.324 e. The molecule has 2 heterocycles. The van der Waals surface area contributed by atoms with Crippen molar-refractivity contribution < 1.29 is 4.79 Å². The van der Waals surface area contributed by atoms with Crippen molar-refractivity contribution in [1.82, 2.24) is 24.5 Å². The molecule has 2 aromatic heterocycles. The number of nitrogens with one attached hydrogen (secondary N) is 1. The number of amides is 1. The molecule has 0 aliphatic carbocycles. The maximum atomic E-state index is 12.8. The predicted octanol–water partition coefficient (Wildman–Crippen LogP) is 2.95. The molecule has 0 radical (unpaired) electrons.